The summed E-state index contributed by atoms with van der Waals surface area (Å²) in [5.41, 5.74) is 1.91. The molecule has 7 nitrogen and oxygen atoms in total. The number of fused-ring (bicyclic) bond motifs is 1. The predicted octanol–water partition coefficient (Wildman–Crippen LogP) is 1.97. The van der Waals surface area contributed by atoms with Gasteiger partial charge in [0.15, 0.2) is 0 Å². The Bertz CT molecular complexity index is 883. The number of benzene rings is 1. The first kappa shape index (κ1) is 15.7. The molecule has 2 heterocycles. The third-order valence-electron chi connectivity index (χ3n) is 3.48. The minimum atomic E-state index is -0.332. The first-order valence-corrected chi connectivity index (χ1v) is 7.28. The molecule has 1 aromatic carbocycles. The van der Waals surface area contributed by atoms with Crippen molar-refractivity contribution in [2.75, 3.05) is 14.2 Å². The van der Waals surface area contributed by atoms with Crippen LogP contribution in [-0.2, 0) is 6.54 Å². The van der Waals surface area contributed by atoms with Crippen LogP contribution in [0.2, 0.25) is 0 Å². The van der Waals surface area contributed by atoms with Gasteiger partial charge in [0.25, 0.3) is 5.91 Å². The molecule has 1 N–H and O–H groups in total. The van der Waals surface area contributed by atoms with Crippen LogP contribution in [0.25, 0.3) is 10.9 Å². The van der Waals surface area contributed by atoms with E-state index in [9.17, 15) is 4.79 Å². The zero-order chi connectivity index (χ0) is 16.9. The predicted molar refractivity (Wildman–Crippen MR) is 88.0 cm³/mol. The molecule has 0 saturated carbocycles. The van der Waals surface area contributed by atoms with E-state index in [0.717, 1.165) is 16.5 Å². The number of carbonyl (C=O) groups is 1. The zero-order valence-corrected chi connectivity index (χ0v) is 13.3. The summed E-state index contributed by atoms with van der Waals surface area (Å²) in [5, 5.41) is 3.78. The fourth-order valence-corrected chi connectivity index (χ4v) is 2.29. The van der Waals surface area contributed by atoms with E-state index in [4.69, 9.17) is 9.47 Å². The maximum Gasteiger partial charge on any atom is 0.271 e. The van der Waals surface area contributed by atoms with Crippen molar-refractivity contribution < 1.29 is 14.3 Å². The van der Waals surface area contributed by atoms with Crippen LogP contribution < -0.4 is 14.8 Å². The Morgan fingerprint density at radius 1 is 1.08 bits per heavy atom. The molecule has 3 rings (SSSR count). The van der Waals surface area contributed by atoms with Crippen molar-refractivity contribution >= 4 is 16.8 Å². The molecular weight excluding hydrogens is 308 g/mol. The lowest BCUT2D eigenvalue weighted by atomic mass is 10.1. The number of hydrogen-bond acceptors (Lipinski definition) is 6. The van der Waals surface area contributed by atoms with Crippen LogP contribution in [0.15, 0.2) is 42.7 Å². The Morgan fingerprint density at radius 3 is 2.67 bits per heavy atom. The number of nitrogens with zero attached hydrogens (tertiary/aromatic N) is 3. The fourth-order valence-electron chi connectivity index (χ4n) is 2.29. The Balaban J connectivity index is 1.83. The van der Waals surface area contributed by atoms with Gasteiger partial charge in [-0.15, -0.1) is 0 Å². The molecule has 3 aromatic rings. The molecule has 7 heteroatoms. The summed E-state index contributed by atoms with van der Waals surface area (Å²) in [4.78, 5) is 24.6. The number of carbonyl (C=O) groups excluding carboxylic acids is 1. The van der Waals surface area contributed by atoms with Gasteiger partial charge in [-0.25, -0.2) is 9.97 Å². The molecule has 1 amide bonds. The van der Waals surface area contributed by atoms with Crippen molar-refractivity contribution in [1.82, 2.24) is 20.3 Å². The van der Waals surface area contributed by atoms with Crippen LogP contribution >= 0.6 is 0 Å². The van der Waals surface area contributed by atoms with Crippen LogP contribution in [0, 0.1) is 0 Å². The SMILES string of the molecule is COc1cncc(C(=O)NCc2cc(OC)nc3ccccc23)n1. The van der Waals surface area contributed by atoms with E-state index in [2.05, 4.69) is 20.3 Å². The van der Waals surface area contributed by atoms with Crippen LogP contribution in [-0.4, -0.2) is 35.1 Å². The average molecular weight is 324 g/mol. The summed E-state index contributed by atoms with van der Waals surface area (Å²) in [5.74, 6) is 0.457. The lowest BCUT2D eigenvalue weighted by Gasteiger charge is -2.10. The highest BCUT2D eigenvalue weighted by Gasteiger charge is 2.11. The van der Waals surface area contributed by atoms with E-state index in [1.54, 1.807) is 13.2 Å². The number of amides is 1. The minimum Gasteiger partial charge on any atom is -0.481 e. The summed E-state index contributed by atoms with van der Waals surface area (Å²) < 4.78 is 10.2. The highest BCUT2D eigenvalue weighted by atomic mass is 16.5. The van der Waals surface area contributed by atoms with E-state index in [1.165, 1.54) is 19.5 Å². The molecule has 0 fully saturated rings. The topological polar surface area (TPSA) is 86.2 Å². The molecule has 24 heavy (non-hydrogen) atoms. The summed E-state index contributed by atoms with van der Waals surface area (Å²) in [6, 6.07) is 9.49. The standard InChI is InChI=1S/C17H16N4O3/c1-23-15-7-11(12-5-3-4-6-13(12)20-15)8-19-17(22)14-9-18-10-16(21-14)24-2/h3-7,9-10H,8H2,1-2H3,(H,19,22). The molecule has 0 saturated heterocycles. The molecule has 0 aliphatic heterocycles. The van der Waals surface area contributed by atoms with Gasteiger partial charge in [0.1, 0.15) is 5.69 Å². The third-order valence-corrected chi connectivity index (χ3v) is 3.48. The van der Waals surface area contributed by atoms with Gasteiger partial charge in [-0.2, -0.15) is 0 Å². The van der Waals surface area contributed by atoms with Gasteiger partial charge in [0, 0.05) is 18.0 Å². The molecule has 0 atom stereocenters. The van der Waals surface area contributed by atoms with Gasteiger partial charge in [0.05, 0.1) is 32.1 Å². The van der Waals surface area contributed by atoms with Gasteiger partial charge < -0.3 is 14.8 Å². The third kappa shape index (κ3) is 3.24. The Kier molecular flexibility index (Phi) is 4.51. The Morgan fingerprint density at radius 2 is 1.88 bits per heavy atom. The van der Waals surface area contributed by atoms with Crippen LogP contribution in [0.1, 0.15) is 16.1 Å². The van der Waals surface area contributed by atoms with Crippen molar-refractivity contribution in [3.05, 3.63) is 54.0 Å². The number of rotatable bonds is 5. The number of pyridine rings is 1. The van der Waals surface area contributed by atoms with Crippen molar-refractivity contribution in [1.29, 1.82) is 0 Å². The minimum absolute atomic E-state index is 0.194. The van der Waals surface area contributed by atoms with Gasteiger partial charge in [0.2, 0.25) is 11.8 Å². The number of methoxy groups -OCH3 is 2. The number of para-hydroxylation sites is 1. The van der Waals surface area contributed by atoms with Crippen LogP contribution in [0.4, 0.5) is 0 Å². The number of ether oxygens (including phenoxy) is 2. The maximum atomic E-state index is 12.3. The first-order chi connectivity index (χ1) is 11.7. The highest BCUT2D eigenvalue weighted by molar-refractivity contribution is 5.92. The first-order valence-electron chi connectivity index (χ1n) is 7.28. The van der Waals surface area contributed by atoms with E-state index >= 15 is 0 Å². The van der Waals surface area contributed by atoms with Gasteiger partial charge in [-0.1, -0.05) is 18.2 Å². The van der Waals surface area contributed by atoms with Crippen LogP contribution in [0.5, 0.6) is 11.8 Å². The molecular formula is C17H16N4O3. The lowest BCUT2D eigenvalue weighted by molar-refractivity contribution is 0.0944. The van der Waals surface area contributed by atoms with Crippen LogP contribution in [0.3, 0.4) is 0 Å². The quantitative estimate of drug-likeness (QED) is 0.772. The van der Waals surface area contributed by atoms with Crippen molar-refractivity contribution in [2.45, 2.75) is 6.54 Å². The van der Waals surface area contributed by atoms with Gasteiger partial charge in [-0.3, -0.25) is 9.78 Å². The second kappa shape index (κ2) is 6.91. The van der Waals surface area contributed by atoms with E-state index in [-0.39, 0.29) is 11.6 Å². The molecule has 0 unspecified atom stereocenters. The van der Waals surface area contributed by atoms with Gasteiger partial charge >= 0.3 is 0 Å². The second-order valence-corrected chi connectivity index (χ2v) is 4.97. The second-order valence-electron chi connectivity index (χ2n) is 4.97. The maximum absolute atomic E-state index is 12.3. The van der Waals surface area contributed by atoms with Crippen molar-refractivity contribution in [3.63, 3.8) is 0 Å². The molecule has 0 bridgehead atoms. The lowest BCUT2D eigenvalue weighted by Crippen LogP contribution is -2.24. The molecule has 0 spiro atoms. The number of hydrogen-bond donors (Lipinski definition) is 1. The fraction of sp³-hybridized carbons (Fsp3) is 0.176. The highest BCUT2D eigenvalue weighted by Crippen LogP contribution is 2.21. The summed E-state index contributed by atoms with van der Waals surface area (Å²) in [7, 11) is 3.03. The average Bonchev–Trinajstić information content (AvgIpc) is 2.65. The molecule has 122 valence electrons. The monoisotopic (exact) mass is 324 g/mol. The van der Waals surface area contributed by atoms with E-state index in [1.807, 2.05) is 24.3 Å². The summed E-state index contributed by atoms with van der Waals surface area (Å²) >= 11 is 0. The van der Waals surface area contributed by atoms with Crippen molar-refractivity contribution in [2.24, 2.45) is 0 Å². The number of nitrogens with one attached hydrogen (secondary N) is 1. The number of aromatic nitrogens is 3. The molecule has 2 aromatic heterocycles. The molecule has 0 radical (unpaired) electrons. The molecule has 0 aliphatic carbocycles. The van der Waals surface area contributed by atoms with Crippen molar-refractivity contribution in [3.8, 4) is 11.8 Å². The van der Waals surface area contributed by atoms with E-state index < -0.39 is 0 Å². The zero-order valence-electron chi connectivity index (χ0n) is 13.3. The Labute approximate surface area is 138 Å². The summed E-state index contributed by atoms with van der Waals surface area (Å²) in [6.07, 6.45) is 2.83. The summed E-state index contributed by atoms with van der Waals surface area (Å²) in [6.45, 7) is 0.317. The largest absolute Gasteiger partial charge is 0.481 e. The smallest absolute Gasteiger partial charge is 0.271 e. The molecule has 0 aliphatic rings. The van der Waals surface area contributed by atoms with E-state index in [0.29, 0.717) is 18.3 Å². The normalized spacial score (nSPS) is 10.4. The Hall–Kier alpha value is -3.22. The van der Waals surface area contributed by atoms with Gasteiger partial charge in [-0.05, 0) is 11.6 Å².